The van der Waals surface area contributed by atoms with Gasteiger partial charge in [0.15, 0.2) is 11.2 Å². The number of hydrogen-bond acceptors (Lipinski definition) is 4. The maximum absolute atomic E-state index is 9.02. The predicted molar refractivity (Wildman–Crippen MR) is 90.5 cm³/mol. The molecule has 0 amide bonds. The van der Waals surface area contributed by atoms with Crippen LogP contribution < -0.4 is 10.2 Å². The van der Waals surface area contributed by atoms with E-state index in [1.54, 1.807) is 18.3 Å². The number of hydrogen-bond donors (Lipinski definition) is 0. The van der Waals surface area contributed by atoms with Gasteiger partial charge in [-0.1, -0.05) is 35.9 Å². The van der Waals surface area contributed by atoms with Gasteiger partial charge in [0.2, 0.25) is 6.19 Å². The van der Waals surface area contributed by atoms with Crippen molar-refractivity contribution in [3.05, 3.63) is 83.2 Å². The number of nitrogens with zero attached hydrogens (tertiary/aromatic N) is 4. The molecular weight excluding hydrogens is 324 g/mol. The van der Waals surface area contributed by atoms with Gasteiger partial charge in [0.1, 0.15) is 10.9 Å². The zero-order valence-corrected chi connectivity index (χ0v) is 13.4. The van der Waals surface area contributed by atoms with Gasteiger partial charge in [0.25, 0.3) is 0 Å². The minimum atomic E-state index is 0.437. The Bertz CT molecular complexity index is 928. The Morgan fingerprint density at radius 3 is 2.67 bits per heavy atom. The van der Waals surface area contributed by atoms with E-state index >= 15 is 0 Å². The highest BCUT2D eigenvalue weighted by molar-refractivity contribution is 6.29. The first-order chi connectivity index (χ1) is 11.8. The fourth-order valence-electron chi connectivity index (χ4n) is 2.21. The second kappa shape index (κ2) is 7.44. The number of benzene rings is 1. The third kappa shape index (κ3) is 3.80. The summed E-state index contributed by atoms with van der Waals surface area (Å²) in [5.74, 6) is 1.19. The van der Waals surface area contributed by atoms with Gasteiger partial charge in [-0.2, -0.15) is 10.3 Å². The van der Waals surface area contributed by atoms with Crippen LogP contribution in [-0.4, -0.2) is 9.55 Å². The lowest BCUT2D eigenvalue weighted by Gasteiger charge is -2.11. The zero-order valence-electron chi connectivity index (χ0n) is 12.6. The van der Waals surface area contributed by atoms with Crippen LogP contribution in [0.2, 0.25) is 5.15 Å². The topological polar surface area (TPSA) is 63.2 Å². The first kappa shape index (κ1) is 15.8. The summed E-state index contributed by atoms with van der Waals surface area (Å²) in [5, 5.41) is 9.46. The van der Waals surface area contributed by atoms with Crippen LogP contribution in [0.15, 0.2) is 72.0 Å². The number of rotatable bonds is 4. The molecule has 0 N–H and O–H groups in total. The van der Waals surface area contributed by atoms with Gasteiger partial charge in [-0.3, -0.25) is 0 Å². The summed E-state index contributed by atoms with van der Waals surface area (Å²) in [4.78, 5) is 7.98. The number of halogens is 1. The molecule has 6 heteroatoms. The Hall–Kier alpha value is -3.10. The molecule has 0 spiro atoms. The summed E-state index contributed by atoms with van der Waals surface area (Å²) in [6, 6.07) is 16.6. The first-order valence-electron chi connectivity index (χ1n) is 7.22. The van der Waals surface area contributed by atoms with E-state index in [1.165, 1.54) is 0 Å². The van der Waals surface area contributed by atoms with Crippen LogP contribution in [0.3, 0.4) is 0 Å². The quantitative estimate of drug-likeness (QED) is 0.538. The summed E-state index contributed by atoms with van der Waals surface area (Å²) in [7, 11) is 0. The molecule has 5 nitrogen and oxygen atoms in total. The fourth-order valence-corrected chi connectivity index (χ4v) is 2.32. The molecule has 118 valence electrons. The minimum absolute atomic E-state index is 0.437. The molecule has 2 heterocycles. The van der Waals surface area contributed by atoms with Crippen molar-refractivity contribution in [2.45, 2.75) is 6.54 Å². The van der Waals surface area contributed by atoms with Crippen LogP contribution in [0.1, 0.15) is 5.56 Å². The molecule has 24 heavy (non-hydrogen) atoms. The SMILES string of the molecule is N#CN=c1c(Oc2ccccc2)cccn1Cc1ccc(Cl)nc1. The van der Waals surface area contributed by atoms with Crippen molar-refractivity contribution in [3.8, 4) is 17.7 Å². The molecule has 3 rings (SSSR count). The Kier molecular flexibility index (Phi) is 4.90. The van der Waals surface area contributed by atoms with Gasteiger partial charge in [0, 0.05) is 12.4 Å². The summed E-state index contributed by atoms with van der Waals surface area (Å²) >= 11 is 5.81. The smallest absolute Gasteiger partial charge is 0.207 e. The lowest BCUT2D eigenvalue weighted by Crippen LogP contribution is -2.22. The van der Waals surface area contributed by atoms with E-state index in [4.69, 9.17) is 21.6 Å². The van der Waals surface area contributed by atoms with Crippen molar-refractivity contribution in [3.63, 3.8) is 0 Å². The summed E-state index contributed by atoms with van der Waals surface area (Å²) in [6.45, 7) is 0.497. The van der Waals surface area contributed by atoms with Crippen LogP contribution in [-0.2, 0) is 6.54 Å². The number of para-hydroxylation sites is 1. The van der Waals surface area contributed by atoms with Gasteiger partial charge in [-0.15, -0.1) is 0 Å². The third-order valence-electron chi connectivity index (χ3n) is 3.27. The molecule has 0 aliphatic heterocycles. The molecular formula is C18H13ClN4O. The van der Waals surface area contributed by atoms with Crippen molar-refractivity contribution < 1.29 is 4.74 Å². The Balaban J connectivity index is 1.98. The van der Waals surface area contributed by atoms with E-state index in [0.717, 1.165) is 5.56 Å². The van der Waals surface area contributed by atoms with Crippen LogP contribution in [0, 0.1) is 11.5 Å². The zero-order chi connectivity index (χ0) is 16.8. The number of aromatic nitrogens is 2. The summed E-state index contributed by atoms with van der Waals surface area (Å²) < 4.78 is 7.68. The highest BCUT2D eigenvalue weighted by atomic mass is 35.5. The van der Waals surface area contributed by atoms with E-state index in [2.05, 4.69) is 9.98 Å². The Morgan fingerprint density at radius 1 is 1.12 bits per heavy atom. The highest BCUT2D eigenvalue weighted by Crippen LogP contribution is 2.17. The van der Waals surface area contributed by atoms with E-state index in [9.17, 15) is 0 Å². The normalized spacial score (nSPS) is 11.1. The highest BCUT2D eigenvalue weighted by Gasteiger charge is 2.05. The molecule has 0 radical (unpaired) electrons. The number of pyridine rings is 2. The lowest BCUT2D eigenvalue weighted by atomic mass is 10.3. The largest absolute Gasteiger partial charge is 0.453 e. The average molecular weight is 337 g/mol. The fraction of sp³-hybridized carbons (Fsp3) is 0.0556. The monoisotopic (exact) mass is 336 g/mol. The van der Waals surface area contributed by atoms with Gasteiger partial charge in [0.05, 0.1) is 6.54 Å². The summed E-state index contributed by atoms with van der Waals surface area (Å²) in [5.41, 5.74) is 1.38. The van der Waals surface area contributed by atoms with Crippen molar-refractivity contribution >= 4 is 11.6 Å². The standard InChI is InChI=1S/C18H13ClN4O/c19-17-9-8-14(11-21-17)12-23-10-4-7-16(18(23)22-13-20)24-15-5-2-1-3-6-15/h1-11H,12H2. The number of ether oxygens (including phenoxy) is 1. The van der Waals surface area contributed by atoms with E-state index in [-0.39, 0.29) is 0 Å². The molecule has 2 aromatic heterocycles. The van der Waals surface area contributed by atoms with Crippen LogP contribution >= 0.6 is 11.6 Å². The maximum Gasteiger partial charge on any atom is 0.207 e. The molecule has 0 fully saturated rings. The second-order valence-corrected chi connectivity index (χ2v) is 5.33. The molecule has 1 aromatic carbocycles. The lowest BCUT2D eigenvalue weighted by molar-refractivity contribution is 0.465. The van der Waals surface area contributed by atoms with Gasteiger partial charge in [-0.05, 0) is 35.9 Å². The Morgan fingerprint density at radius 2 is 1.96 bits per heavy atom. The first-order valence-corrected chi connectivity index (χ1v) is 7.59. The van der Waals surface area contributed by atoms with Crippen molar-refractivity contribution in [1.82, 2.24) is 9.55 Å². The van der Waals surface area contributed by atoms with Gasteiger partial charge < -0.3 is 9.30 Å². The molecule has 0 bridgehead atoms. The van der Waals surface area contributed by atoms with E-state index < -0.39 is 0 Å². The predicted octanol–water partition coefficient (Wildman–Crippen LogP) is 3.76. The minimum Gasteiger partial charge on any atom is -0.453 e. The third-order valence-corrected chi connectivity index (χ3v) is 3.50. The molecule has 0 atom stereocenters. The van der Waals surface area contributed by atoms with Gasteiger partial charge in [-0.25, -0.2) is 4.98 Å². The average Bonchev–Trinajstić information content (AvgIpc) is 2.61. The van der Waals surface area contributed by atoms with Crippen LogP contribution in [0.5, 0.6) is 11.5 Å². The van der Waals surface area contributed by atoms with E-state index in [1.807, 2.05) is 59.4 Å². The molecule has 3 aromatic rings. The molecule has 0 aliphatic rings. The number of nitriles is 1. The van der Waals surface area contributed by atoms with Crippen molar-refractivity contribution in [1.29, 1.82) is 5.26 Å². The molecule has 0 saturated carbocycles. The Labute approximate surface area is 144 Å². The van der Waals surface area contributed by atoms with Crippen LogP contribution in [0.4, 0.5) is 0 Å². The molecule has 0 saturated heterocycles. The van der Waals surface area contributed by atoms with Crippen LogP contribution in [0.25, 0.3) is 0 Å². The van der Waals surface area contributed by atoms with Gasteiger partial charge >= 0.3 is 0 Å². The molecule has 0 aliphatic carbocycles. The van der Waals surface area contributed by atoms with E-state index in [0.29, 0.717) is 28.7 Å². The second-order valence-electron chi connectivity index (χ2n) is 4.94. The van der Waals surface area contributed by atoms with Crippen molar-refractivity contribution in [2.75, 3.05) is 0 Å². The summed E-state index contributed by atoms with van der Waals surface area (Å²) in [6.07, 6.45) is 5.36. The maximum atomic E-state index is 9.02. The van der Waals surface area contributed by atoms with Crippen molar-refractivity contribution in [2.24, 2.45) is 4.99 Å². The molecule has 0 unspecified atom stereocenters.